The smallest absolute Gasteiger partial charge is 0.137 e. The SMILES string of the molecule is COc1cc(/C=C/c2cc(Br)c3c(c2)C[C@@H]2C(C)(C)[C@H](O)CC[C@@]2(C)O3)cc(O)c1C/C=C(\C)CCC=C(C)C. The predicted octanol–water partition coefficient (Wildman–Crippen LogP) is 9.06. The van der Waals surface area contributed by atoms with Crippen molar-refractivity contribution in [1.29, 1.82) is 0 Å². The number of phenols is 1. The summed E-state index contributed by atoms with van der Waals surface area (Å²) in [7, 11) is 1.65. The molecular weight excluding hydrogens is 564 g/mol. The average molecular weight is 610 g/mol. The summed E-state index contributed by atoms with van der Waals surface area (Å²) in [5.41, 5.74) is 6.00. The van der Waals surface area contributed by atoms with E-state index in [0.717, 1.165) is 64.6 Å². The fourth-order valence-corrected chi connectivity index (χ4v) is 6.97. The van der Waals surface area contributed by atoms with Crippen molar-refractivity contribution >= 4 is 28.1 Å². The Kier molecular flexibility index (Phi) is 9.26. The number of hydrogen-bond acceptors (Lipinski definition) is 4. The molecule has 0 unspecified atom stereocenters. The van der Waals surface area contributed by atoms with Crippen LogP contribution in [-0.4, -0.2) is 29.0 Å². The Morgan fingerprint density at radius 2 is 1.77 bits per heavy atom. The summed E-state index contributed by atoms with van der Waals surface area (Å²) in [6.45, 7) is 12.9. The first-order chi connectivity index (χ1) is 18.8. The fourth-order valence-electron chi connectivity index (χ4n) is 6.37. The van der Waals surface area contributed by atoms with Gasteiger partial charge in [-0.15, -0.1) is 0 Å². The van der Waals surface area contributed by atoms with E-state index in [-0.39, 0.29) is 28.8 Å². The number of methoxy groups -OCH3 is 1. The van der Waals surface area contributed by atoms with Crippen LogP contribution in [0.25, 0.3) is 12.2 Å². The van der Waals surface area contributed by atoms with E-state index in [1.165, 1.54) is 11.1 Å². The van der Waals surface area contributed by atoms with Crippen molar-refractivity contribution in [2.45, 2.75) is 91.8 Å². The molecule has 0 spiro atoms. The molecule has 2 aromatic carbocycles. The molecule has 4 nitrogen and oxygen atoms in total. The van der Waals surface area contributed by atoms with Gasteiger partial charge in [0.2, 0.25) is 0 Å². The summed E-state index contributed by atoms with van der Waals surface area (Å²) in [6.07, 6.45) is 13.3. The highest BCUT2D eigenvalue weighted by atomic mass is 79.9. The highest BCUT2D eigenvalue weighted by Crippen LogP contribution is 2.54. The number of aliphatic hydroxyl groups is 1. The molecule has 1 saturated carbocycles. The maximum Gasteiger partial charge on any atom is 0.137 e. The van der Waals surface area contributed by atoms with Crippen LogP contribution in [0.1, 0.15) is 89.5 Å². The van der Waals surface area contributed by atoms with Crippen molar-refractivity contribution in [2.24, 2.45) is 11.3 Å². The molecule has 1 heterocycles. The molecule has 0 aromatic heterocycles. The zero-order valence-electron chi connectivity index (χ0n) is 25.1. The average Bonchev–Trinajstić information content (AvgIpc) is 2.88. The largest absolute Gasteiger partial charge is 0.507 e. The summed E-state index contributed by atoms with van der Waals surface area (Å²) in [5.74, 6) is 2.06. The minimum Gasteiger partial charge on any atom is -0.507 e. The lowest BCUT2D eigenvalue weighted by Crippen LogP contribution is -2.58. The molecule has 2 aliphatic rings. The molecule has 1 fully saturated rings. The number of halogens is 1. The van der Waals surface area contributed by atoms with Crippen LogP contribution in [0.15, 0.2) is 52.0 Å². The standard InChI is InChI=1S/C35H45BrO4/c1-22(2)9-8-10-23(3)11-14-27-29(37)19-25(20-30(27)39-7)13-12-24-17-26-21-31-34(4,5)32(38)15-16-35(31,6)40-33(26)28(36)18-24/h9,11-13,17-20,31-32,37-38H,8,10,14-16,21H2,1-7H3/b13-12+,23-11+/t31-,32-,35-/m1/s1. The van der Waals surface area contributed by atoms with Crippen LogP contribution >= 0.6 is 15.9 Å². The van der Waals surface area contributed by atoms with Gasteiger partial charge in [-0.25, -0.2) is 0 Å². The quantitative estimate of drug-likeness (QED) is 0.232. The Bertz CT molecular complexity index is 1330. The second kappa shape index (κ2) is 12.2. The molecule has 2 aromatic rings. The van der Waals surface area contributed by atoms with Crippen LogP contribution in [0, 0.1) is 11.3 Å². The maximum atomic E-state index is 10.9. The molecule has 0 radical (unpaired) electrons. The molecule has 2 N–H and O–H groups in total. The second-order valence-electron chi connectivity index (χ2n) is 12.7. The van der Waals surface area contributed by atoms with Crippen LogP contribution in [0.5, 0.6) is 17.2 Å². The van der Waals surface area contributed by atoms with E-state index in [1.54, 1.807) is 13.2 Å². The first-order valence-corrected chi connectivity index (χ1v) is 15.2. The number of aliphatic hydroxyl groups excluding tert-OH is 1. The lowest BCUT2D eigenvalue weighted by atomic mass is 9.58. The third-order valence-electron chi connectivity index (χ3n) is 8.95. The van der Waals surface area contributed by atoms with Gasteiger partial charge >= 0.3 is 0 Å². The van der Waals surface area contributed by atoms with E-state index in [1.807, 2.05) is 12.1 Å². The Morgan fingerprint density at radius 1 is 1.07 bits per heavy atom. The van der Waals surface area contributed by atoms with Crippen molar-refractivity contribution in [3.8, 4) is 17.2 Å². The Morgan fingerprint density at radius 3 is 2.45 bits per heavy atom. The van der Waals surface area contributed by atoms with Gasteiger partial charge in [-0.3, -0.25) is 0 Å². The minimum absolute atomic E-state index is 0.223. The molecule has 40 heavy (non-hydrogen) atoms. The third kappa shape index (κ3) is 6.52. The van der Waals surface area contributed by atoms with Gasteiger partial charge in [0, 0.05) is 11.5 Å². The van der Waals surface area contributed by atoms with Gasteiger partial charge in [-0.2, -0.15) is 0 Å². The monoisotopic (exact) mass is 608 g/mol. The van der Waals surface area contributed by atoms with E-state index in [0.29, 0.717) is 12.2 Å². The summed E-state index contributed by atoms with van der Waals surface area (Å²) in [5, 5.41) is 21.6. The summed E-state index contributed by atoms with van der Waals surface area (Å²) in [4.78, 5) is 0. The minimum atomic E-state index is -0.324. The van der Waals surface area contributed by atoms with Crippen LogP contribution in [-0.2, 0) is 12.8 Å². The summed E-state index contributed by atoms with van der Waals surface area (Å²) in [6, 6.07) is 8.04. The molecule has 5 heteroatoms. The van der Waals surface area contributed by atoms with Crippen LogP contribution in [0.3, 0.4) is 0 Å². The van der Waals surface area contributed by atoms with E-state index in [2.05, 4.69) is 87.8 Å². The van der Waals surface area contributed by atoms with E-state index >= 15 is 0 Å². The topological polar surface area (TPSA) is 58.9 Å². The Balaban J connectivity index is 1.55. The van der Waals surface area contributed by atoms with Gasteiger partial charge in [-0.1, -0.05) is 49.3 Å². The number of benzene rings is 2. The summed E-state index contributed by atoms with van der Waals surface area (Å²) < 4.78 is 13.3. The first kappa shape index (κ1) is 30.5. The third-order valence-corrected chi connectivity index (χ3v) is 9.54. The second-order valence-corrected chi connectivity index (χ2v) is 13.5. The van der Waals surface area contributed by atoms with Gasteiger partial charge in [0.1, 0.15) is 22.8 Å². The molecule has 3 atom stereocenters. The van der Waals surface area contributed by atoms with E-state index in [9.17, 15) is 10.2 Å². The molecule has 0 saturated heterocycles. The number of rotatable bonds is 8. The van der Waals surface area contributed by atoms with Crippen molar-refractivity contribution in [2.75, 3.05) is 7.11 Å². The predicted molar refractivity (Wildman–Crippen MR) is 169 cm³/mol. The Hall–Kier alpha value is -2.50. The molecule has 1 aliphatic carbocycles. The zero-order chi connectivity index (χ0) is 29.2. The molecule has 216 valence electrons. The van der Waals surface area contributed by atoms with Crippen molar-refractivity contribution < 1.29 is 19.7 Å². The van der Waals surface area contributed by atoms with Crippen LogP contribution in [0.4, 0.5) is 0 Å². The molecule has 4 rings (SSSR count). The number of allylic oxidation sites excluding steroid dienone is 4. The number of hydrogen-bond donors (Lipinski definition) is 2. The highest BCUT2D eigenvalue weighted by Gasteiger charge is 2.54. The van der Waals surface area contributed by atoms with Crippen molar-refractivity contribution in [1.82, 2.24) is 0 Å². The number of fused-ring (bicyclic) bond motifs is 2. The van der Waals surface area contributed by atoms with Crippen molar-refractivity contribution in [3.05, 3.63) is 74.3 Å². The molecule has 0 bridgehead atoms. The van der Waals surface area contributed by atoms with E-state index < -0.39 is 0 Å². The summed E-state index contributed by atoms with van der Waals surface area (Å²) >= 11 is 3.76. The molecular formula is C35H45BrO4. The van der Waals surface area contributed by atoms with Gasteiger partial charge < -0.3 is 19.7 Å². The Labute approximate surface area is 248 Å². The first-order valence-electron chi connectivity index (χ1n) is 14.4. The van der Waals surface area contributed by atoms with Crippen molar-refractivity contribution in [3.63, 3.8) is 0 Å². The lowest BCUT2D eigenvalue weighted by molar-refractivity contribution is -0.138. The number of phenolic OH excluding ortho intramolecular Hbond substituents is 1. The normalized spacial score (nSPS) is 23.8. The maximum absolute atomic E-state index is 10.9. The van der Waals surface area contributed by atoms with Gasteiger partial charge in [0.25, 0.3) is 0 Å². The number of aromatic hydroxyl groups is 1. The van der Waals surface area contributed by atoms with Crippen LogP contribution < -0.4 is 9.47 Å². The lowest BCUT2D eigenvalue weighted by Gasteiger charge is -2.55. The van der Waals surface area contributed by atoms with E-state index in [4.69, 9.17) is 9.47 Å². The highest BCUT2D eigenvalue weighted by molar-refractivity contribution is 9.10. The number of ether oxygens (including phenoxy) is 2. The van der Waals surface area contributed by atoms with Gasteiger partial charge in [0.15, 0.2) is 0 Å². The molecule has 1 aliphatic heterocycles. The molecule has 0 amide bonds. The zero-order valence-corrected chi connectivity index (χ0v) is 26.7. The van der Waals surface area contributed by atoms with Gasteiger partial charge in [-0.05, 0) is 129 Å². The van der Waals surface area contributed by atoms with Gasteiger partial charge in [0.05, 0.1) is 17.7 Å². The fraction of sp³-hybridized carbons (Fsp3) is 0.486. The van der Waals surface area contributed by atoms with Crippen LogP contribution in [0.2, 0.25) is 0 Å².